The van der Waals surface area contributed by atoms with Crippen LogP contribution in [0.5, 0.6) is 0 Å². The van der Waals surface area contributed by atoms with Crippen molar-refractivity contribution in [3.05, 3.63) is 35.4 Å². The van der Waals surface area contributed by atoms with Crippen LogP contribution >= 0.6 is 0 Å². The quantitative estimate of drug-likeness (QED) is 0.809. The first-order chi connectivity index (χ1) is 14.8. The number of carbonyl (C=O) groups is 1. The maximum absolute atomic E-state index is 12.5. The van der Waals surface area contributed by atoms with E-state index in [4.69, 9.17) is 4.74 Å². The highest BCUT2D eigenvalue weighted by atomic mass is 16.5. The Labute approximate surface area is 181 Å². The molecule has 5 nitrogen and oxygen atoms in total. The summed E-state index contributed by atoms with van der Waals surface area (Å²) in [5, 5.41) is 3.14. The van der Waals surface area contributed by atoms with Gasteiger partial charge in [-0.1, -0.05) is 24.3 Å². The van der Waals surface area contributed by atoms with Gasteiger partial charge in [0.25, 0.3) is 0 Å². The summed E-state index contributed by atoms with van der Waals surface area (Å²) in [7, 11) is 0. The van der Waals surface area contributed by atoms with Gasteiger partial charge in [-0.05, 0) is 88.7 Å². The number of rotatable bonds is 5. The Morgan fingerprint density at radius 1 is 0.900 bits per heavy atom. The van der Waals surface area contributed by atoms with E-state index in [-0.39, 0.29) is 17.9 Å². The molecule has 1 atom stereocenters. The number of nitrogens with zero attached hydrogens (tertiary/aromatic N) is 2. The van der Waals surface area contributed by atoms with Crippen LogP contribution in [0.15, 0.2) is 24.3 Å². The zero-order valence-electron chi connectivity index (χ0n) is 18.2. The van der Waals surface area contributed by atoms with E-state index < -0.39 is 0 Å². The Morgan fingerprint density at radius 3 is 2.17 bits per heavy atom. The van der Waals surface area contributed by atoms with Crippen molar-refractivity contribution in [1.29, 1.82) is 0 Å². The molecule has 0 unspecified atom stereocenters. The van der Waals surface area contributed by atoms with Gasteiger partial charge in [-0.3, -0.25) is 9.69 Å². The smallest absolute Gasteiger partial charge is 0.223 e. The number of fused-ring (bicyclic) bond motifs is 1. The third kappa shape index (κ3) is 4.58. The molecule has 1 amide bonds. The van der Waals surface area contributed by atoms with E-state index in [9.17, 15) is 4.79 Å². The third-order valence-corrected chi connectivity index (χ3v) is 7.99. The second kappa shape index (κ2) is 9.37. The second-order valence-electron chi connectivity index (χ2n) is 9.79. The van der Waals surface area contributed by atoms with Crippen molar-refractivity contribution < 1.29 is 9.53 Å². The number of nitrogens with one attached hydrogen (secondary N) is 1. The SMILES string of the molecule is O=C(NC[C@@H]1CCCO1)C1CCN(C2CCN(C3Cc4ccccc4C3)CC2)CC1. The first kappa shape index (κ1) is 20.5. The fourth-order valence-electron chi connectivity index (χ4n) is 6.10. The lowest BCUT2D eigenvalue weighted by atomic mass is 9.92. The summed E-state index contributed by atoms with van der Waals surface area (Å²) < 4.78 is 5.62. The Balaban J connectivity index is 1.03. The molecule has 5 heteroatoms. The van der Waals surface area contributed by atoms with Gasteiger partial charge >= 0.3 is 0 Å². The normalized spacial score (nSPS) is 27.4. The lowest BCUT2D eigenvalue weighted by Crippen LogP contribution is -2.51. The minimum Gasteiger partial charge on any atom is -0.376 e. The molecule has 3 heterocycles. The topological polar surface area (TPSA) is 44.8 Å². The molecule has 1 aromatic carbocycles. The molecule has 5 rings (SSSR count). The summed E-state index contributed by atoms with van der Waals surface area (Å²) in [6.45, 7) is 6.17. The van der Waals surface area contributed by atoms with Crippen LogP contribution in [0, 0.1) is 5.92 Å². The van der Waals surface area contributed by atoms with E-state index in [0.29, 0.717) is 18.6 Å². The zero-order chi connectivity index (χ0) is 20.3. The van der Waals surface area contributed by atoms with Crippen molar-refractivity contribution in [2.45, 2.75) is 69.6 Å². The van der Waals surface area contributed by atoms with Gasteiger partial charge in [-0.2, -0.15) is 0 Å². The predicted molar refractivity (Wildman–Crippen MR) is 119 cm³/mol. The minimum absolute atomic E-state index is 0.194. The number of hydrogen-bond acceptors (Lipinski definition) is 4. The molecule has 1 aliphatic carbocycles. The van der Waals surface area contributed by atoms with E-state index in [2.05, 4.69) is 39.4 Å². The van der Waals surface area contributed by atoms with Crippen LogP contribution in [0.25, 0.3) is 0 Å². The molecular weight excluding hydrogens is 374 g/mol. The van der Waals surface area contributed by atoms with Crippen molar-refractivity contribution in [1.82, 2.24) is 15.1 Å². The monoisotopic (exact) mass is 411 g/mol. The Hall–Kier alpha value is -1.43. The number of piperidine rings is 2. The average molecular weight is 412 g/mol. The number of amides is 1. The van der Waals surface area contributed by atoms with Gasteiger partial charge in [0, 0.05) is 31.2 Å². The van der Waals surface area contributed by atoms with Gasteiger partial charge in [0.1, 0.15) is 0 Å². The van der Waals surface area contributed by atoms with Gasteiger partial charge in [0.15, 0.2) is 0 Å². The lowest BCUT2D eigenvalue weighted by molar-refractivity contribution is -0.127. The zero-order valence-corrected chi connectivity index (χ0v) is 18.2. The largest absolute Gasteiger partial charge is 0.376 e. The van der Waals surface area contributed by atoms with Crippen LogP contribution in [-0.4, -0.2) is 73.2 Å². The maximum Gasteiger partial charge on any atom is 0.223 e. The Bertz CT molecular complexity index is 692. The summed E-state index contributed by atoms with van der Waals surface area (Å²) in [5.41, 5.74) is 3.12. The molecule has 1 N–H and O–H groups in total. The Morgan fingerprint density at radius 2 is 1.53 bits per heavy atom. The third-order valence-electron chi connectivity index (χ3n) is 7.99. The van der Waals surface area contributed by atoms with E-state index in [1.165, 1.54) is 38.8 Å². The second-order valence-corrected chi connectivity index (χ2v) is 9.79. The molecule has 3 saturated heterocycles. The van der Waals surface area contributed by atoms with Crippen LogP contribution in [0.4, 0.5) is 0 Å². The number of likely N-dealkylation sites (tertiary alicyclic amines) is 2. The van der Waals surface area contributed by atoms with Crippen LogP contribution in [-0.2, 0) is 22.4 Å². The fraction of sp³-hybridized carbons (Fsp3) is 0.720. The van der Waals surface area contributed by atoms with Crippen LogP contribution < -0.4 is 5.32 Å². The molecule has 3 aliphatic heterocycles. The van der Waals surface area contributed by atoms with Gasteiger partial charge in [0.2, 0.25) is 5.91 Å². The van der Waals surface area contributed by atoms with Crippen LogP contribution in [0.2, 0.25) is 0 Å². The standard InChI is InChI=1S/C25H37N3O2/c29-25(26-18-24-6-3-15-30-24)19-7-11-27(12-8-19)22-9-13-28(14-10-22)23-16-20-4-1-2-5-21(20)17-23/h1-2,4-5,19,22-24H,3,6-18H2,(H,26,29)/t24-/m0/s1. The predicted octanol–water partition coefficient (Wildman–Crippen LogP) is 2.63. The average Bonchev–Trinajstić information content (AvgIpc) is 3.47. The molecule has 0 bridgehead atoms. The summed E-state index contributed by atoms with van der Waals surface area (Å²) in [4.78, 5) is 17.9. The number of ether oxygens (including phenoxy) is 1. The Kier molecular flexibility index (Phi) is 6.40. The van der Waals surface area contributed by atoms with Crippen LogP contribution in [0.1, 0.15) is 49.7 Å². The van der Waals surface area contributed by atoms with Crippen molar-refractivity contribution in [3.8, 4) is 0 Å². The van der Waals surface area contributed by atoms with Crippen molar-refractivity contribution >= 4 is 5.91 Å². The van der Waals surface area contributed by atoms with Crippen LogP contribution in [0.3, 0.4) is 0 Å². The van der Waals surface area contributed by atoms with Crippen molar-refractivity contribution in [2.24, 2.45) is 5.92 Å². The van der Waals surface area contributed by atoms with Crippen molar-refractivity contribution in [3.63, 3.8) is 0 Å². The molecule has 30 heavy (non-hydrogen) atoms. The highest BCUT2D eigenvalue weighted by Gasteiger charge is 2.34. The van der Waals surface area contributed by atoms with E-state index >= 15 is 0 Å². The number of hydrogen-bond donors (Lipinski definition) is 1. The number of benzene rings is 1. The van der Waals surface area contributed by atoms with Gasteiger partial charge in [0.05, 0.1) is 6.10 Å². The first-order valence-corrected chi connectivity index (χ1v) is 12.2. The summed E-state index contributed by atoms with van der Waals surface area (Å²) in [5.74, 6) is 0.445. The van der Waals surface area contributed by atoms with E-state index in [0.717, 1.165) is 45.4 Å². The highest BCUT2D eigenvalue weighted by molar-refractivity contribution is 5.78. The fourth-order valence-corrected chi connectivity index (χ4v) is 6.10. The summed E-state index contributed by atoms with van der Waals surface area (Å²) in [6.07, 6.45) is 9.50. The van der Waals surface area contributed by atoms with Gasteiger partial charge in [-0.25, -0.2) is 0 Å². The lowest BCUT2D eigenvalue weighted by Gasteiger charge is -2.43. The highest BCUT2D eigenvalue weighted by Crippen LogP contribution is 2.29. The van der Waals surface area contributed by atoms with Gasteiger partial charge < -0.3 is 15.0 Å². The molecule has 164 valence electrons. The molecule has 0 aromatic heterocycles. The number of carbonyl (C=O) groups excluding carboxylic acids is 1. The molecule has 0 spiro atoms. The molecule has 0 radical (unpaired) electrons. The van der Waals surface area contributed by atoms with Crippen molar-refractivity contribution in [2.75, 3.05) is 39.3 Å². The maximum atomic E-state index is 12.5. The molecular formula is C25H37N3O2. The summed E-state index contributed by atoms with van der Waals surface area (Å²) >= 11 is 0. The molecule has 1 aromatic rings. The van der Waals surface area contributed by atoms with Gasteiger partial charge in [-0.15, -0.1) is 0 Å². The molecule has 0 saturated carbocycles. The minimum atomic E-state index is 0.194. The molecule has 4 aliphatic rings. The molecule has 3 fully saturated rings. The van der Waals surface area contributed by atoms with E-state index in [1.54, 1.807) is 11.1 Å². The summed E-state index contributed by atoms with van der Waals surface area (Å²) in [6, 6.07) is 10.4. The first-order valence-electron chi connectivity index (χ1n) is 12.2. The van der Waals surface area contributed by atoms with E-state index in [1.807, 2.05) is 0 Å².